The molecule has 9 aromatic carbocycles. The number of rotatable bonds is 5. The third-order valence-electron chi connectivity index (χ3n) is 13.5. The van der Waals surface area contributed by atoms with E-state index in [4.69, 9.17) is 0 Å². The highest BCUT2D eigenvalue weighted by atomic mass is 28.3. The van der Waals surface area contributed by atoms with Gasteiger partial charge in [-0.15, -0.1) is 0 Å². The van der Waals surface area contributed by atoms with Gasteiger partial charge in [0.05, 0.1) is 56.9 Å². The minimum atomic E-state index is -2.91. The van der Waals surface area contributed by atoms with Crippen LogP contribution in [-0.2, 0) is 0 Å². The molecule has 6 heteroatoms. The van der Waals surface area contributed by atoms with E-state index >= 15 is 0 Å². The van der Waals surface area contributed by atoms with Gasteiger partial charge < -0.3 is 19.6 Å². The van der Waals surface area contributed by atoms with Gasteiger partial charge in [-0.05, 0) is 72.8 Å². The molecule has 9 aromatic rings. The van der Waals surface area contributed by atoms with Crippen LogP contribution in [0.1, 0.15) is 0 Å². The lowest BCUT2D eigenvalue weighted by molar-refractivity contribution is 1.06. The van der Waals surface area contributed by atoms with Gasteiger partial charge in [-0.2, -0.15) is 0 Å². The molecule has 4 aliphatic heterocycles. The largest absolute Gasteiger partial charge is 0.306 e. The fourth-order valence-electron chi connectivity index (χ4n) is 11.0. The Morgan fingerprint density at radius 1 is 0.266 bits per heavy atom. The van der Waals surface area contributed by atoms with Crippen molar-refractivity contribution in [3.05, 3.63) is 259 Å². The Balaban J connectivity index is 1.12. The number of fused-ring (bicyclic) bond motifs is 8. The van der Waals surface area contributed by atoms with Crippen molar-refractivity contribution < 1.29 is 0 Å². The predicted octanol–water partition coefficient (Wildman–Crippen LogP) is 11.2. The van der Waals surface area contributed by atoms with Gasteiger partial charge in [0.1, 0.15) is 0 Å². The highest BCUT2D eigenvalue weighted by Gasteiger charge is 2.51. The zero-order valence-electron chi connectivity index (χ0n) is 35.0. The van der Waals surface area contributed by atoms with Crippen molar-refractivity contribution in [2.45, 2.75) is 0 Å². The van der Waals surface area contributed by atoms with Crippen LogP contribution in [0.3, 0.4) is 0 Å². The maximum Gasteiger partial charge on any atom is 0.240 e. The summed E-state index contributed by atoms with van der Waals surface area (Å²) >= 11 is 0. The summed E-state index contributed by atoms with van der Waals surface area (Å²) in [5.41, 5.74) is 23.3. The lowest BCUT2D eigenvalue weighted by atomic mass is 9.36. The van der Waals surface area contributed by atoms with Crippen LogP contribution in [0.15, 0.2) is 259 Å². The third kappa shape index (κ3) is 5.36. The van der Waals surface area contributed by atoms with Crippen molar-refractivity contribution in [2.24, 2.45) is 0 Å². The van der Waals surface area contributed by atoms with Crippen LogP contribution in [0.25, 0.3) is 0 Å². The molecule has 1 spiro atoms. The summed E-state index contributed by atoms with van der Waals surface area (Å²) in [6.07, 6.45) is 0. The number of para-hydroxylation sites is 10. The maximum absolute atomic E-state index is 2.91. The quantitative estimate of drug-likeness (QED) is 0.160. The van der Waals surface area contributed by atoms with E-state index in [0.717, 1.165) is 56.9 Å². The topological polar surface area (TPSA) is 13.0 Å². The van der Waals surface area contributed by atoms with Crippen LogP contribution in [0.2, 0.25) is 0 Å². The molecule has 0 unspecified atom stereocenters. The van der Waals surface area contributed by atoms with Crippen molar-refractivity contribution in [1.82, 2.24) is 0 Å². The Morgan fingerprint density at radius 3 is 0.906 bits per heavy atom. The number of anilines is 10. The molecular weight excluding hydrogens is 792 g/mol. The molecule has 0 amide bonds. The predicted molar refractivity (Wildman–Crippen MR) is 272 cm³/mol. The van der Waals surface area contributed by atoms with Crippen molar-refractivity contribution in [3.63, 3.8) is 0 Å². The molecule has 0 bridgehead atoms. The molecule has 0 radical (unpaired) electrons. The van der Waals surface area contributed by atoms with Crippen molar-refractivity contribution in [1.29, 1.82) is 0 Å². The number of hydrogen-bond acceptors (Lipinski definition) is 4. The molecule has 13 rings (SSSR count). The van der Waals surface area contributed by atoms with Gasteiger partial charge in [-0.3, -0.25) is 0 Å². The Bertz CT molecular complexity index is 3030. The first kappa shape index (κ1) is 36.6. The molecule has 300 valence electrons. The standard InChI is InChI=1S/C58H41BN4Si/c1-4-22-42(23-5-1)59-45-28-10-20-38-57(45)64(58-39-21-11-29-46(58)59)40-55(62-51-34-16-12-30-47(51)60(43-24-6-2-7-25-43)48-31-13-17-35-52(48)62)56(41-64)63-53-36-18-14-32-49(53)61(44-26-8-3-9-27-44)50-33-15-19-37-54(50)63/h1-41H. The lowest BCUT2D eigenvalue weighted by Gasteiger charge is -2.44. The van der Waals surface area contributed by atoms with Gasteiger partial charge in [0, 0.05) is 11.4 Å². The Labute approximate surface area is 375 Å². The number of hydrogen-bond donors (Lipinski definition) is 0. The van der Waals surface area contributed by atoms with Crippen LogP contribution >= 0.6 is 0 Å². The molecule has 0 fully saturated rings. The third-order valence-corrected chi connectivity index (χ3v) is 17.7. The Hall–Kier alpha value is -8.06. The molecule has 0 aliphatic carbocycles. The zero-order chi connectivity index (χ0) is 42.2. The van der Waals surface area contributed by atoms with Crippen molar-refractivity contribution in [2.75, 3.05) is 19.6 Å². The molecule has 64 heavy (non-hydrogen) atoms. The summed E-state index contributed by atoms with van der Waals surface area (Å²) in [6.45, 7) is 0.118. The second kappa shape index (κ2) is 14.5. The van der Waals surface area contributed by atoms with E-state index in [1.807, 2.05) is 0 Å². The Kier molecular flexibility index (Phi) is 8.30. The summed E-state index contributed by atoms with van der Waals surface area (Å²) in [7, 11) is -2.91. The molecule has 0 atom stereocenters. The molecule has 0 N–H and O–H groups in total. The molecule has 4 aliphatic rings. The van der Waals surface area contributed by atoms with E-state index in [1.165, 1.54) is 38.2 Å². The molecule has 0 saturated carbocycles. The van der Waals surface area contributed by atoms with E-state index in [0.29, 0.717) is 0 Å². The monoisotopic (exact) mass is 832 g/mol. The minimum absolute atomic E-state index is 0.118. The Morgan fingerprint density at radius 2 is 0.547 bits per heavy atom. The fraction of sp³-hybridized carbons (Fsp3) is 0. The maximum atomic E-state index is 2.72. The lowest BCUT2D eigenvalue weighted by Crippen LogP contribution is -2.77. The summed E-state index contributed by atoms with van der Waals surface area (Å²) in [4.78, 5) is 9.99. The molecule has 4 nitrogen and oxygen atoms in total. The molecular formula is C58H41BN4Si. The van der Waals surface area contributed by atoms with E-state index in [9.17, 15) is 0 Å². The molecule has 4 heterocycles. The van der Waals surface area contributed by atoms with Crippen LogP contribution < -0.4 is 46.4 Å². The summed E-state index contributed by atoms with van der Waals surface area (Å²) < 4.78 is 0. The van der Waals surface area contributed by atoms with Gasteiger partial charge in [0.25, 0.3) is 0 Å². The first-order chi connectivity index (χ1) is 31.8. The average Bonchev–Trinajstić information content (AvgIpc) is 3.75. The second-order valence-corrected chi connectivity index (χ2v) is 20.3. The van der Waals surface area contributed by atoms with Gasteiger partial charge in [0.15, 0.2) is 8.07 Å². The normalized spacial score (nSPS) is 15.0. The summed E-state index contributed by atoms with van der Waals surface area (Å²) in [6, 6.07) is 87.0. The highest BCUT2D eigenvalue weighted by Crippen LogP contribution is 2.58. The molecule has 0 aromatic heterocycles. The first-order valence-electron chi connectivity index (χ1n) is 22.2. The average molecular weight is 833 g/mol. The SMILES string of the molecule is C1=C(N2c3ccccc3N(c3ccccc3)c3ccccc32)C(N2c3ccccc3N(c3ccccc3)c3ccccc32)=C[Si]12c1ccccc1B(c1ccccc1)c1ccccc12. The van der Waals surface area contributed by atoms with Gasteiger partial charge in [-0.1, -0.05) is 202 Å². The minimum Gasteiger partial charge on any atom is -0.306 e. The highest BCUT2D eigenvalue weighted by molar-refractivity contribution is 7.19. The van der Waals surface area contributed by atoms with E-state index in [-0.39, 0.29) is 6.71 Å². The zero-order valence-corrected chi connectivity index (χ0v) is 36.0. The second-order valence-electron chi connectivity index (χ2n) is 16.9. The number of nitrogens with zero attached hydrogens (tertiary/aromatic N) is 4. The van der Waals surface area contributed by atoms with Crippen molar-refractivity contribution in [3.8, 4) is 0 Å². The van der Waals surface area contributed by atoms with Crippen LogP contribution in [0.5, 0.6) is 0 Å². The smallest absolute Gasteiger partial charge is 0.240 e. The van der Waals surface area contributed by atoms with Crippen LogP contribution in [0, 0.1) is 0 Å². The van der Waals surface area contributed by atoms with Gasteiger partial charge >= 0.3 is 0 Å². The van der Waals surface area contributed by atoms with E-state index in [2.05, 4.69) is 268 Å². The van der Waals surface area contributed by atoms with E-state index in [1.54, 1.807) is 0 Å². The van der Waals surface area contributed by atoms with Gasteiger partial charge in [0.2, 0.25) is 6.71 Å². The van der Waals surface area contributed by atoms with Gasteiger partial charge in [-0.25, -0.2) is 0 Å². The number of benzene rings is 9. The summed E-state index contributed by atoms with van der Waals surface area (Å²) in [5, 5.41) is 2.87. The van der Waals surface area contributed by atoms with Crippen molar-refractivity contribution >= 4 is 98.4 Å². The van der Waals surface area contributed by atoms with Crippen LogP contribution in [-0.4, -0.2) is 14.8 Å². The first-order valence-corrected chi connectivity index (χ1v) is 24.3. The van der Waals surface area contributed by atoms with E-state index < -0.39 is 8.07 Å². The fourth-order valence-corrected chi connectivity index (χ4v) is 15.5. The van der Waals surface area contributed by atoms with Crippen LogP contribution in [0.4, 0.5) is 56.9 Å². The summed E-state index contributed by atoms with van der Waals surface area (Å²) in [5.74, 6) is 0. The molecule has 0 saturated heterocycles.